The molecule has 3 aromatic rings. The number of rotatable bonds is 5. The first-order valence-corrected chi connectivity index (χ1v) is 9.90. The maximum Gasteiger partial charge on any atom is 0.345 e. The average Bonchev–Trinajstić information content (AvgIpc) is 2.71. The number of benzene rings is 3. The zero-order chi connectivity index (χ0) is 21.7. The molecule has 0 fully saturated rings. The molecule has 0 heterocycles. The van der Waals surface area contributed by atoms with Gasteiger partial charge in [-0.3, -0.25) is 4.79 Å². The molecule has 0 aromatic heterocycles. The lowest BCUT2D eigenvalue weighted by atomic mass is 10.2. The summed E-state index contributed by atoms with van der Waals surface area (Å²) in [5, 5.41) is 5.15. The van der Waals surface area contributed by atoms with Crippen molar-refractivity contribution in [3.05, 3.63) is 97.4 Å². The lowest BCUT2D eigenvalue weighted by molar-refractivity contribution is 0.0734. The lowest BCUT2D eigenvalue weighted by Gasteiger charge is -2.06. The highest BCUT2D eigenvalue weighted by molar-refractivity contribution is 6.42. The number of hydrogen-bond donors (Lipinski definition) is 1. The highest BCUT2D eigenvalue weighted by atomic mass is 35.5. The van der Waals surface area contributed by atoms with Crippen LogP contribution in [0.4, 0.5) is 0 Å². The Morgan fingerprint density at radius 3 is 2.23 bits per heavy atom. The van der Waals surface area contributed by atoms with Gasteiger partial charge in [-0.1, -0.05) is 46.4 Å². The molecule has 3 rings (SSSR count). The van der Waals surface area contributed by atoms with Crippen LogP contribution in [0.3, 0.4) is 0 Å². The molecule has 0 saturated carbocycles. The second-order valence-electron chi connectivity index (χ2n) is 5.91. The van der Waals surface area contributed by atoms with E-state index in [4.69, 9.17) is 51.1 Å². The van der Waals surface area contributed by atoms with Crippen LogP contribution in [0.25, 0.3) is 0 Å². The number of amides is 1. The van der Waals surface area contributed by atoms with Crippen molar-refractivity contribution in [1.82, 2.24) is 5.43 Å². The predicted molar refractivity (Wildman–Crippen MR) is 119 cm³/mol. The third-order valence-electron chi connectivity index (χ3n) is 3.80. The third kappa shape index (κ3) is 5.74. The molecule has 9 heteroatoms. The molecule has 1 N–H and O–H groups in total. The number of hydrazone groups is 1. The summed E-state index contributed by atoms with van der Waals surface area (Å²) < 4.78 is 5.29. The van der Waals surface area contributed by atoms with Crippen molar-refractivity contribution in [3.63, 3.8) is 0 Å². The van der Waals surface area contributed by atoms with Crippen molar-refractivity contribution in [2.24, 2.45) is 5.10 Å². The van der Waals surface area contributed by atoms with Crippen LogP contribution in [-0.2, 0) is 0 Å². The average molecular weight is 482 g/mol. The Balaban J connectivity index is 1.59. The van der Waals surface area contributed by atoms with Gasteiger partial charge in [-0.05, 0) is 66.2 Å². The van der Waals surface area contributed by atoms with E-state index < -0.39 is 11.9 Å². The van der Waals surface area contributed by atoms with Gasteiger partial charge in [0.15, 0.2) is 0 Å². The van der Waals surface area contributed by atoms with Crippen LogP contribution in [0.15, 0.2) is 65.8 Å². The van der Waals surface area contributed by atoms with Crippen LogP contribution in [0.5, 0.6) is 5.75 Å². The first-order chi connectivity index (χ1) is 14.3. The first-order valence-electron chi connectivity index (χ1n) is 8.39. The number of nitrogens with zero attached hydrogens (tertiary/aromatic N) is 1. The summed E-state index contributed by atoms with van der Waals surface area (Å²) in [5.74, 6) is -0.717. The van der Waals surface area contributed by atoms with E-state index in [1.807, 2.05) is 0 Å². The van der Waals surface area contributed by atoms with E-state index in [-0.39, 0.29) is 15.6 Å². The van der Waals surface area contributed by atoms with Crippen molar-refractivity contribution in [2.75, 3.05) is 0 Å². The quantitative estimate of drug-likeness (QED) is 0.201. The summed E-state index contributed by atoms with van der Waals surface area (Å²) in [7, 11) is 0. The van der Waals surface area contributed by atoms with Gasteiger partial charge >= 0.3 is 5.97 Å². The summed E-state index contributed by atoms with van der Waals surface area (Å²) in [6.07, 6.45) is 1.44. The maximum atomic E-state index is 12.2. The highest BCUT2D eigenvalue weighted by Gasteiger charge is 2.13. The fraction of sp³-hybridized carbons (Fsp3) is 0. The van der Waals surface area contributed by atoms with E-state index in [1.54, 1.807) is 30.3 Å². The van der Waals surface area contributed by atoms with Gasteiger partial charge in [0.05, 0.1) is 26.8 Å². The number of esters is 1. The minimum absolute atomic E-state index is 0.203. The van der Waals surface area contributed by atoms with Crippen molar-refractivity contribution >= 4 is 64.5 Å². The SMILES string of the molecule is O=C(N/N=C\c1ccc(OC(=O)c2ccc(Cl)cc2Cl)cc1)c1ccc(Cl)c(Cl)c1. The van der Waals surface area contributed by atoms with Gasteiger partial charge < -0.3 is 4.74 Å². The number of halogens is 4. The molecule has 5 nitrogen and oxygen atoms in total. The van der Waals surface area contributed by atoms with Crippen LogP contribution in [-0.4, -0.2) is 18.1 Å². The molecule has 0 aliphatic heterocycles. The fourth-order valence-corrected chi connectivity index (χ4v) is 3.09. The Kier molecular flexibility index (Phi) is 7.34. The van der Waals surface area contributed by atoms with E-state index in [0.29, 0.717) is 26.9 Å². The molecule has 0 saturated heterocycles. The van der Waals surface area contributed by atoms with Crippen LogP contribution >= 0.6 is 46.4 Å². The van der Waals surface area contributed by atoms with E-state index in [2.05, 4.69) is 10.5 Å². The van der Waals surface area contributed by atoms with Gasteiger partial charge in [0, 0.05) is 10.6 Å². The van der Waals surface area contributed by atoms with Crippen molar-refractivity contribution in [1.29, 1.82) is 0 Å². The van der Waals surface area contributed by atoms with Gasteiger partial charge in [0.25, 0.3) is 5.91 Å². The predicted octanol–water partition coefficient (Wildman–Crippen LogP) is 6.28. The second kappa shape index (κ2) is 9.96. The lowest BCUT2D eigenvalue weighted by Crippen LogP contribution is -2.17. The Hall–Kier alpha value is -2.57. The number of hydrogen-bond acceptors (Lipinski definition) is 4. The third-order valence-corrected chi connectivity index (χ3v) is 5.09. The molecule has 0 unspecified atom stereocenters. The van der Waals surface area contributed by atoms with Gasteiger partial charge in [-0.15, -0.1) is 0 Å². The zero-order valence-corrected chi connectivity index (χ0v) is 18.1. The molecule has 0 aliphatic carbocycles. The van der Waals surface area contributed by atoms with Crippen LogP contribution in [0, 0.1) is 0 Å². The number of ether oxygens (including phenoxy) is 1. The van der Waals surface area contributed by atoms with Crippen molar-refractivity contribution < 1.29 is 14.3 Å². The molecule has 3 aromatic carbocycles. The zero-order valence-electron chi connectivity index (χ0n) is 15.0. The highest BCUT2D eigenvalue weighted by Crippen LogP contribution is 2.23. The number of carbonyl (C=O) groups is 2. The molecular weight excluding hydrogens is 470 g/mol. The van der Waals surface area contributed by atoms with Gasteiger partial charge in [0.2, 0.25) is 0 Å². The summed E-state index contributed by atoms with van der Waals surface area (Å²) in [6.45, 7) is 0. The second-order valence-corrected chi connectivity index (χ2v) is 7.57. The smallest absolute Gasteiger partial charge is 0.345 e. The number of nitrogens with one attached hydrogen (secondary N) is 1. The van der Waals surface area contributed by atoms with Gasteiger partial charge in [-0.25, -0.2) is 10.2 Å². The maximum absolute atomic E-state index is 12.2. The fourth-order valence-electron chi connectivity index (χ4n) is 2.31. The largest absolute Gasteiger partial charge is 0.423 e. The van der Waals surface area contributed by atoms with Crippen molar-refractivity contribution in [2.45, 2.75) is 0 Å². The molecule has 0 radical (unpaired) electrons. The van der Waals surface area contributed by atoms with E-state index in [9.17, 15) is 9.59 Å². The van der Waals surface area contributed by atoms with Gasteiger partial charge in [0.1, 0.15) is 5.75 Å². The Morgan fingerprint density at radius 2 is 1.57 bits per heavy atom. The topological polar surface area (TPSA) is 67.8 Å². The Morgan fingerprint density at radius 1 is 0.833 bits per heavy atom. The minimum atomic E-state index is -0.605. The Bertz CT molecular complexity index is 1130. The van der Waals surface area contributed by atoms with E-state index >= 15 is 0 Å². The van der Waals surface area contributed by atoms with E-state index in [0.717, 1.165) is 0 Å². The standard InChI is InChI=1S/C21H12Cl4N2O3/c22-14-4-7-16(18(24)10-14)21(29)30-15-5-1-12(2-6-15)11-26-27-20(28)13-3-8-17(23)19(25)9-13/h1-11H,(H,27,28)/b26-11-. The van der Waals surface area contributed by atoms with E-state index in [1.165, 1.54) is 36.5 Å². The molecule has 0 spiro atoms. The first kappa shape index (κ1) is 22.1. The molecule has 152 valence electrons. The minimum Gasteiger partial charge on any atom is -0.423 e. The monoisotopic (exact) mass is 480 g/mol. The van der Waals surface area contributed by atoms with Crippen molar-refractivity contribution in [3.8, 4) is 5.75 Å². The normalized spacial score (nSPS) is 10.8. The molecule has 0 aliphatic rings. The Labute approximate surface area is 192 Å². The molecule has 0 atom stereocenters. The molecule has 1 amide bonds. The number of carbonyl (C=O) groups excluding carboxylic acids is 2. The summed E-state index contributed by atoms with van der Waals surface area (Å²) in [5.41, 5.74) is 3.60. The van der Waals surface area contributed by atoms with Crippen LogP contribution in [0.1, 0.15) is 26.3 Å². The van der Waals surface area contributed by atoms with Gasteiger partial charge in [-0.2, -0.15) is 5.10 Å². The molecule has 30 heavy (non-hydrogen) atoms. The van der Waals surface area contributed by atoms with Crippen LogP contribution in [0.2, 0.25) is 20.1 Å². The van der Waals surface area contributed by atoms with Crippen LogP contribution < -0.4 is 10.2 Å². The summed E-state index contributed by atoms with van der Waals surface area (Å²) in [4.78, 5) is 24.3. The molecular formula is C21H12Cl4N2O3. The molecule has 0 bridgehead atoms. The summed E-state index contributed by atoms with van der Waals surface area (Å²) >= 11 is 23.6. The summed E-state index contributed by atoms with van der Waals surface area (Å²) in [6, 6.07) is 15.5.